The summed E-state index contributed by atoms with van der Waals surface area (Å²) in [6.07, 6.45) is 2.53. The standard InChI is InChI=1S/C23H32N4O2.HI/c1-4-24-22(25-18-23(2,3)17-19-9-6-5-7-10-19)27-14-12-26(13-15-27)21(28)20-11-8-16-29-20;/h5-11,16H,4,12-15,17-18H2,1-3H3,(H,24,25);1H. The number of nitrogens with one attached hydrogen (secondary N) is 1. The number of carbonyl (C=O) groups excluding carboxylic acids is 1. The minimum atomic E-state index is -0.0411. The van der Waals surface area contributed by atoms with Gasteiger partial charge in [-0.3, -0.25) is 9.79 Å². The first-order valence-electron chi connectivity index (χ1n) is 10.4. The lowest BCUT2D eigenvalue weighted by Crippen LogP contribution is -2.54. The van der Waals surface area contributed by atoms with E-state index in [1.807, 2.05) is 11.0 Å². The van der Waals surface area contributed by atoms with Crippen LogP contribution in [0.4, 0.5) is 0 Å². The van der Waals surface area contributed by atoms with Crippen LogP contribution in [0.15, 0.2) is 58.1 Å². The van der Waals surface area contributed by atoms with Gasteiger partial charge in [0.05, 0.1) is 6.26 Å². The van der Waals surface area contributed by atoms with E-state index in [1.54, 1.807) is 12.1 Å². The van der Waals surface area contributed by atoms with Crippen LogP contribution in [0, 0.1) is 5.41 Å². The van der Waals surface area contributed by atoms with E-state index in [0.29, 0.717) is 18.8 Å². The van der Waals surface area contributed by atoms with Crippen molar-refractivity contribution >= 4 is 35.8 Å². The molecule has 2 aromatic rings. The first kappa shape index (κ1) is 24.2. The number of rotatable bonds is 6. The van der Waals surface area contributed by atoms with Gasteiger partial charge < -0.3 is 19.5 Å². The largest absolute Gasteiger partial charge is 0.459 e. The van der Waals surface area contributed by atoms with E-state index in [4.69, 9.17) is 9.41 Å². The van der Waals surface area contributed by atoms with Crippen molar-refractivity contribution in [2.24, 2.45) is 10.4 Å². The lowest BCUT2D eigenvalue weighted by atomic mass is 9.86. The second kappa shape index (κ2) is 11.4. The Balaban J connectivity index is 0.00000320. The summed E-state index contributed by atoms with van der Waals surface area (Å²) in [7, 11) is 0. The SMILES string of the molecule is CCNC(=NCC(C)(C)Cc1ccccc1)N1CCN(C(=O)c2ccco2)CC1.I. The van der Waals surface area contributed by atoms with Gasteiger partial charge in [-0.25, -0.2) is 0 Å². The van der Waals surface area contributed by atoms with Crippen LogP contribution in [-0.2, 0) is 6.42 Å². The topological polar surface area (TPSA) is 61.1 Å². The molecular formula is C23H33IN4O2. The minimum Gasteiger partial charge on any atom is -0.459 e. The Labute approximate surface area is 196 Å². The molecule has 6 nitrogen and oxygen atoms in total. The molecule has 0 spiro atoms. The average molecular weight is 524 g/mol. The molecule has 1 aromatic carbocycles. The van der Waals surface area contributed by atoms with Crippen LogP contribution in [0.5, 0.6) is 0 Å². The van der Waals surface area contributed by atoms with Gasteiger partial charge in [0.15, 0.2) is 11.7 Å². The Kier molecular flexibility index (Phi) is 9.20. The summed E-state index contributed by atoms with van der Waals surface area (Å²) in [5.41, 5.74) is 1.40. The Morgan fingerprint density at radius 3 is 2.33 bits per heavy atom. The highest BCUT2D eigenvalue weighted by Crippen LogP contribution is 2.22. The zero-order valence-corrected chi connectivity index (χ0v) is 20.5. The zero-order chi connectivity index (χ0) is 20.7. The van der Waals surface area contributed by atoms with E-state index >= 15 is 0 Å². The highest BCUT2D eigenvalue weighted by Gasteiger charge is 2.26. The molecule has 1 saturated heterocycles. The number of aliphatic imine (C=N–C) groups is 1. The van der Waals surface area contributed by atoms with Gasteiger partial charge in [-0.05, 0) is 36.5 Å². The Morgan fingerprint density at radius 1 is 1.07 bits per heavy atom. The summed E-state index contributed by atoms with van der Waals surface area (Å²) in [6.45, 7) is 11.0. The van der Waals surface area contributed by atoms with Crippen molar-refractivity contribution < 1.29 is 9.21 Å². The average Bonchev–Trinajstić information content (AvgIpc) is 3.26. The van der Waals surface area contributed by atoms with Crippen molar-refractivity contribution in [3.8, 4) is 0 Å². The maximum atomic E-state index is 12.5. The molecule has 0 unspecified atom stereocenters. The normalized spacial score (nSPS) is 15.0. The van der Waals surface area contributed by atoms with Crippen LogP contribution in [-0.4, -0.2) is 60.9 Å². The molecule has 7 heteroatoms. The third-order valence-electron chi connectivity index (χ3n) is 5.12. The Morgan fingerprint density at radius 2 is 1.73 bits per heavy atom. The third kappa shape index (κ3) is 6.75. The van der Waals surface area contributed by atoms with E-state index in [0.717, 1.165) is 38.6 Å². The molecule has 2 heterocycles. The second-order valence-corrected chi connectivity index (χ2v) is 8.25. The van der Waals surface area contributed by atoms with E-state index < -0.39 is 0 Å². The van der Waals surface area contributed by atoms with Crippen molar-refractivity contribution in [3.05, 3.63) is 60.1 Å². The van der Waals surface area contributed by atoms with Gasteiger partial charge in [-0.2, -0.15) is 0 Å². The summed E-state index contributed by atoms with van der Waals surface area (Å²) in [4.78, 5) is 21.5. The van der Waals surface area contributed by atoms with Gasteiger partial charge in [0, 0.05) is 39.3 Å². The Hall–Kier alpha value is -2.03. The fourth-order valence-corrected chi connectivity index (χ4v) is 3.60. The molecule has 1 aliphatic rings. The first-order chi connectivity index (χ1) is 14.0. The van der Waals surface area contributed by atoms with Crippen LogP contribution in [0.25, 0.3) is 0 Å². The monoisotopic (exact) mass is 524 g/mol. The summed E-state index contributed by atoms with van der Waals surface area (Å²) in [5, 5.41) is 3.41. The van der Waals surface area contributed by atoms with Crippen molar-refractivity contribution in [1.29, 1.82) is 0 Å². The van der Waals surface area contributed by atoms with Gasteiger partial charge >= 0.3 is 0 Å². The van der Waals surface area contributed by atoms with E-state index in [-0.39, 0.29) is 35.3 Å². The fraction of sp³-hybridized carbons (Fsp3) is 0.478. The van der Waals surface area contributed by atoms with Crippen molar-refractivity contribution in [1.82, 2.24) is 15.1 Å². The second-order valence-electron chi connectivity index (χ2n) is 8.25. The number of furan rings is 1. The molecule has 0 aliphatic carbocycles. The number of benzene rings is 1. The summed E-state index contributed by atoms with van der Waals surface area (Å²) >= 11 is 0. The highest BCUT2D eigenvalue weighted by atomic mass is 127. The lowest BCUT2D eigenvalue weighted by Gasteiger charge is -2.36. The molecule has 1 fully saturated rings. The number of amides is 1. The number of hydrogen-bond acceptors (Lipinski definition) is 3. The van der Waals surface area contributed by atoms with E-state index in [1.165, 1.54) is 11.8 Å². The highest BCUT2D eigenvalue weighted by molar-refractivity contribution is 14.0. The molecule has 1 N–H and O–H groups in total. The number of guanidine groups is 1. The van der Waals surface area contributed by atoms with Crippen molar-refractivity contribution in [2.75, 3.05) is 39.3 Å². The van der Waals surface area contributed by atoms with Gasteiger partial charge in [-0.15, -0.1) is 24.0 Å². The van der Waals surface area contributed by atoms with Gasteiger partial charge in [0.25, 0.3) is 5.91 Å². The lowest BCUT2D eigenvalue weighted by molar-refractivity contribution is 0.0657. The van der Waals surface area contributed by atoms with E-state index in [2.05, 4.69) is 55.3 Å². The molecule has 1 aliphatic heterocycles. The van der Waals surface area contributed by atoms with Crippen LogP contribution < -0.4 is 5.32 Å². The summed E-state index contributed by atoms with van der Waals surface area (Å²) in [6, 6.07) is 14.0. The molecule has 1 amide bonds. The molecule has 30 heavy (non-hydrogen) atoms. The third-order valence-corrected chi connectivity index (χ3v) is 5.12. The van der Waals surface area contributed by atoms with Crippen molar-refractivity contribution in [2.45, 2.75) is 27.2 Å². The molecule has 1 aromatic heterocycles. The van der Waals surface area contributed by atoms with Gasteiger partial charge in [-0.1, -0.05) is 44.2 Å². The van der Waals surface area contributed by atoms with Crippen LogP contribution in [0.1, 0.15) is 36.9 Å². The predicted octanol–water partition coefficient (Wildman–Crippen LogP) is 3.89. The molecule has 3 rings (SSSR count). The maximum Gasteiger partial charge on any atom is 0.289 e. The smallest absolute Gasteiger partial charge is 0.289 e. The molecule has 0 saturated carbocycles. The quantitative estimate of drug-likeness (QED) is 0.354. The van der Waals surface area contributed by atoms with Gasteiger partial charge in [0.1, 0.15) is 0 Å². The number of hydrogen-bond donors (Lipinski definition) is 1. The molecule has 164 valence electrons. The van der Waals surface area contributed by atoms with Gasteiger partial charge in [0.2, 0.25) is 0 Å². The predicted molar refractivity (Wildman–Crippen MR) is 132 cm³/mol. The summed E-state index contributed by atoms with van der Waals surface area (Å²) in [5.74, 6) is 1.29. The number of piperazine rings is 1. The molecule has 0 bridgehead atoms. The number of halogens is 1. The van der Waals surface area contributed by atoms with Crippen LogP contribution in [0.3, 0.4) is 0 Å². The van der Waals surface area contributed by atoms with Crippen LogP contribution in [0.2, 0.25) is 0 Å². The molecule has 0 atom stereocenters. The first-order valence-corrected chi connectivity index (χ1v) is 10.4. The van der Waals surface area contributed by atoms with Crippen LogP contribution >= 0.6 is 24.0 Å². The fourth-order valence-electron chi connectivity index (χ4n) is 3.60. The van der Waals surface area contributed by atoms with Crippen molar-refractivity contribution in [3.63, 3.8) is 0 Å². The maximum absolute atomic E-state index is 12.5. The summed E-state index contributed by atoms with van der Waals surface area (Å²) < 4.78 is 5.25. The Bertz CT molecular complexity index is 798. The number of nitrogens with zero attached hydrogens (tertiary/aromatic N) is 3. The number of carbonyl (C=O) groups is 1. The zero-order valence-electron chi connectivity index (χ0n) is 18.1. The van der Waals surface area contributed by atoms with E-state index in [9.17, 15) is 4.79 Å². The molecule has 0 radical (unpaired) electrons. The molecular weight excluding hydrogens is 491 g/mol. The minimum absolute atomic E-state index is 0.